The maximum absolute atomic E-state index is 12.3. The fourth-order valence-corrected chi connectivity index (χ4v) is 3.52. The average molecular weight is 308 g/mol. The van der Waals surface area contributed by atoms with Gasteiger partial charge in [-0.1, -0.05) is 26.7 Å². The van der Waals surface area contributed by atoms with Gasteiger partial charge in [0.1, 0.15) is 0 Å². The maximum Gasteiger partial charge on any atom is 0.240 e. The van der Waals surface area contributed by atoms with Crippen LogP contribution in [0.2, 0.25) is 0 Å². The van der Waals surface area contributed by atoms with Gasteiger partial charge in [-0.15, -0.1) is 0 Å². The number of nitriles is 1. The Morgan fingerprint density at radius 3 is 2.43 bits per heavy atom. The average Bonchev–Trinajstić information content (AvgIpc) is 2.37. The van der Waals surface area contributed by atoms with Gasteiger partial charge in [0.15, 0.2) is 0 Å². The lowest BCUT2D eigenvalue weighted by Gasteiger charge is -2.15. The molecule has 21 heavy (non-hydrogen) atoms. The Labute approximate surface area is 128 Å². The molecule has 0 amide bonds. The van der Waals surface area contributed by atoms with Gasteiger partial charge in [-0.05, 0) is 49.9 Å². The molecule has 0 fully saturated rings. The van der Waals surface area contributed by atoms with E-state index in [1.807, 2.05) is 13.0 Å². The zero-order valence-corrected chi connectivity index (χ0v) is 14.0. The van der Waals surface area contributed by atoms with Crippen molar-refractivity contribution in [3.63, 3.8) is 0 Å². The van der Waals surface area contributed by atoms with Crippen LogP contribution < -0.4 is 4.72 Å². The first-order valence-electron chi connectivity index (χ1n) is 7.29. The smallest absolute Gasteiger partial charge is 0.208 e. The van der Waals surface area contributed by atoms with Crippen LogP contribution in [0.5, 0.6) is 0 Å². The minimum Gasteiger partial charge on any atom is -0.208 e. The summed E-state index contributed by atoms with van der Waals surface area (Å²) in [6, 6.07) is 6.52. The molecule has 1 aromatic carbocycles. The molecular formula is C16H24N2O2S. The molecule has 0 aliphatic rings. The summed E-state index contributed by atoms with van der Waals surface area (Å²) in [4.78, 5) is 0.217. The summed E-state index contributed by atoms with van der Waals surface area (Å²) >= 11 is 0. The van der Waals surface area contributed by atoms with E-state index in [0.717, 1.165) is 19.3 Å². The first kappa shape index (κ1) is 17.7. The summed E-state index contributed by atoms with van der Waals surface area (Å²) in [7, 11) is -3.52. The summed E-state index contributed by atoms with van der Waals surface area (Å²) < 4.78 is 27.3. The van der Waals surface area contributed by atoms with Gasteiger partial charge in [-0.2, -0.15) is 5.26 Å². The topological polar surface area (TPSA) is 70.0 Å². The Hall–Kier alpha value is -1.38. The van der Waals surface area contributed by atoms with Crippen LogP contribution in [0.1, 0.15) is 51.2 Å². The van der Waals surface area contributed by atoms with E-state index in [4.69, 9.17) is 5.26 Å². The molecule has 0 spiro atoms. The molecule has 1 atom stereocenters. The van der Waals surface area contributed by atoms with E-state index in [1.54, 1.807) is 19.1 Å². The zero-order valence-electron chi connectivity index (χ0n) is 13.2. The molecule has 0 radical (unpaired) electrons. The number of hydrogen-bond donors (Lipinski definition) is 1. The highest BCUT2D eigenvalue weighted by Gasteiger charge is 2.18. The second kappa shape index (κ2) is 7.58. The standard InChI is InChI=1S/C16H24N2O2S/c1-12(2)6-5-7-14(4)18-21(19,20)16-9-8-15(11-17)13(3)10-16/h8-10,12,14,18H,5-7H2,1-4H3. The number of aryl methyl sites for hydroxylation is 1. The Morgan fingerprint density at radius 1 is 1.24 bits per heavy atom. The highest BCUT2D eigenvalue weighted by Crippen LogP contribution is 2.16. The summed E-state index contributed by atoms with van der Waals surface area (Å²) in [6.45, 7) is 7.95. The molecule has 1 N–H and O–H groups in total. The van der Waals surface area contributed by atoms with Gasteiger partial charge >= 0.3 is 0 Å². The van der Waals surface area contributed by atoms with Crippen molar-refractivity contribution in [2.24, 2.45) is 5.92 Å². The molecule has 0 bridgehead atoms. The summed E-state index contributed by atoms with van der Waals surface area (Å²) in [5.74, 6) is 0.634. The molecular weight excluding hydrogens is 284 g/mol. The number of hydrogen-bond acceptors (Lipinski definition) is 3. The fourth-order valence-electron chi connectivity index (χ4n) is 2.15. The van der Waals surface area contributed by atoms with E-state index in [1.165, 1.54) is 6.07 Å². The molecule has 0 aliphatic carbocycles. The second-order valence-electron chi connectivity index (χ2n) is 5.94. The van der Waals surface area contributed by atoms with E-state index in [9.17, 15) is 8.42 Å². The van der Waals surface area contributed by atoms with Crippen LogP contribution in [0.25, 0.3) is 0 Å². The Bertz CT molecular complexity index is 616. The Balaban J connectivity index is 2.73. The van der Waals surface area contributed by atoms with Crippen molar-refractivity contribution < 1.29 is 8.42 Å². The third-order valence-corrected chi connectivity index (χ3v) is 4.99. The number of rotatable bonds is 7. The number of benzene rings is 1. The van der Waals surface area contributed by atoms with Gasteiger partial charge in [-0.3, -0.25) is 0 Å². The minimum atomic E-state index is -3.52. The molecule has 116 valence electrons. The lowest BCUT2D eigenvalue weighted by molar-refractivity contribution is 0.488. The molecule has 1 aromatic rings. The quantitative estimate of drug-likeness (QED) is 0.839. The Morgan fingerprint density at radius 2 is 1.90 bits per heavy atom. The van der Waals surface area contributed by atoms with Crippen molar-refractivity contribution in [2.75, 3.05) is 0 Å². The maximum atomic E-state index is 12.3. The summed E-state index contributed by atoms with van der Waals surface area (Å²) in [6.07, 6.45) is 2.93. The van der Waals surface area contributed by atoms with Crippen LogP contribution in [0, 0.1) is 24.2 Å². The van der Waals surface area contributed by atoms with Gasteiger partial charge in [0, 0.05) is 6.04 Å². The molecule has 0 saturated heterocycles. The monoisotopic (exact) mass is 308 g/mol. The lowest BCUT2D eigenvalue weighted by atomic mass is 10.0. The van der Waals surface area contributed by atoms with Gasteiger partial charge < -0.3 is 0 Å². The molecule has 0 aliphatic heterocycles. The third kappa shape index (κ3) is 5.49. The van der Waals surface area contributed by atoms with Crippen LogP contribution >= 0.6 is 0 Å². The predicted octanol–water partition coefficient (Wildman–Crippen LogP) is 3.36. The highest BCUT2D eigenvalue weighted by atomic mass is 32.2. The number of nitrogens with one attached hydrogen (secondary N) is 1. The van der Waals surface area contributed by atoms with E-state index in [0.29, 0.717) is 17.0 Å². The molecule has 1 unspecified atom stereocenters. The highest BCUT2D eigenvalue weighted by molar-refractivity contribution is 7.89. The van der Waals surface area contributed by atoms with E-state index in [2.05, 4.69) is 18.6 Å². The van der Waals surface area contributed by atoms with Crippen molar-refractivity contribution in [3.05, 3.63) is 29.3 Å². The van der Waals surface area contributed by atoms with Gasteiger partial charge in [0.2, 0.25) is 10.0 Å². The molecule has 0 aromatic heterocycles. The largest absolute Gasteiger partial charge is 0.240 e. The van der Waals surface area contributed by atoms with E-state index < -0.39 is 10.0 Å². The summed E-state index contributed by atoms with van der Waals surface area (Å²) in [5, 5.41) is 8.88. The normalized spacial score (nSPS) is 13.1. The van der Waals surface area contributed by atoms with Gasteiger partial charge in [0.05, 0.1) is 16.5 Å². The van der Waals surface area contributed by atoms with Crippen LogP contribution in [-0.2, 0) is 10.0 Å². The van der Waals surface area contributed by atoms with Crippen LogP contribution in [0.3, 0.4) is 0 Å². The van der Waals surface area contributed by atoms with Gasteiger partial charge in [0.25, 0.3) is 0 Å². The molecule has 5 heteroatoms. The molecule has 1 rings (SSSR count). The number of sulfonamides is 1. The van der Waals surface area contributed by atoms with Crippen molar-refractivity contribution in [3.8, 4) is 6.07 Å². The van der Waals surface area contributed by atoms with Crippen molar-refractivity contribution >= 4 is 10.0 Å². The fraction of sp³-hybridized carbons (Fsp3) is 0.562. The third-order valence-electron chi connectivity index (χ3n) is 3.40. The van der Waals surface area contributed by atoms with Crippen LogP contribution in [0.4, 0.5) is 0 Å². The first-order chi connectivity index (χ1) is 9.76. The zero-order chi connectivity index (χ0) is 16.0. The van der Waals surface area contributed by atoms with E-state index in [-0.39, 0.29) is 10.9 Å². The second-order valence-corrected chi connectivity index (χ2v) is 7.65. The van der Waals surface area contributed by atoms with Crippen LogP contribution in [-0.4, -0.2) is 14.5 Å². The SMILES string of the molecule is Cc1cc(S(=O)(=O)NC(C)CCCC(C)C)ccc1C#N. The molecule has 4 nitrogen and oxygen atoms in total. The van der Waals surface area contributed by atoms with Crippen molar-refractivity contribution in [1.82, 2.24) is 4.72 Å². The predicted molar refractivity (Wildman–Crippen MR) is 84.4 cm³/mol. The molecule has 0 heterocycles. The summed E-state index contributed by atoms with van der Waals surface area (Å²) in [5.41, 5.74) is 1.17. The number of nitrogens with zero attached hydrogens (tertiary/aromatic N) is 1. The lowest BCUT2D eigenvalue weighted by Crippen LogP contribution is -2.32. The Kier molecular flexibility index (Phi) is 6.38. The van der Waals surface area contributed by atoms with Crippen molar-refractivity contribution in [1.29, 1.82) is 5.26 Å². The first-order valence-corrected chi connectivity index (χ1v) is 8.77. The molecule has 0 saturated carbocycles. The van der Waals surface area contributed by atoms with Gasteiger partial charge in [-0.25, -0.2) is 13.1 Å². The van der Waals surface area contributed by atoms with Crippen molar-refractivity contribution in [2.45, 2.75) is 57.9 Å². The minimum absolute atomic E-state index is 0.0929. The van der Waals surface area contributed by atoms with E-state index >= 15 is 0 Å². The van der Waals surface area contributed by atoms with Crippen LogP contribution in [0.15, 0.2) is 23.1 Å².